The van der Waals surface area contributed by atoms with Crippen LogP contribution in [0.5, 0.6) is 0 Å². The van der Waals surface area contributed by atoms with Crippen LogP contribution in [0.15, 0.2) is 84.9 Å². The third-order valence-corrected chi connectivity index (χ3v) is 6.01. The molecule has 1 saturated heterocycles. The van der Waals surface area contributed by atoms with Crippen LogP contribution in [-0.2, 0) is 6.42 Å². The molecule has 31 heavy (non-hydrogen) atoms. The molecule has 0 aromatic heterocycles. The second-order valence-corrected chi connectivity index (χ2v) is 8.30. The van der Waals surface area contributed by atoms with Gasteiger partial charge in [0, 0.05) is 37.7 Å². The molecule has 1 aliphatic heterocycles. The van der Waals surface area contributed by atoms with E-state index in [1.807, 2.05) is 29.2 Å². The highest BCUT2D eigenvalue weighted by Gasteiger charge is 2.27. The summed E-state index contributed by atoms with van der Waals surface area (Å²) in [5.74, 6) is 0. The number of carbonyl (C=O) groups is 1. The molecule has 3 aromatic rings. The topological polar surface area (TPSA) is 35.6 Å². The predicted molar refractivity (Wildman–Crippen MR) is 126 cm³/mol. The molecule has 4 nitrogen and oxygen atoms in total. The van der Waals surface area contributed by atoms with E-state index in [4.69, 9.17) is 11.6 Å². The molecule has 1 aliphatic rings. The largest absolute Gasteiger partial charge is 0.338 e. The Morgan fingerprint density at radius 1 is 0.839 bits per heavy atom. The van der Waals surface area contributed by atoms with E-state index in [-0.39, 0.29) is 12.1 Å². The molecule has 160 valence electrons. The molecule has 0 unspecified atom stereocenters. The summed E-state index contributed by atoms with van der Waals surface area (Å²) in [5, 5.41) is 3.78. The number of amides is 2. The van der Waals surface area contributed by atoms with E-state index in [2.05, 4.69) is 70.9 Å². The van der Waals surface area contributed by atoms with E-state index in [1.165, 1.54) is 11.1 Å². The molecule has 2 amide bonds. The fourth-order valence-corrected chi connectivity index (χ4v) is 4.40. The van der Waals surface area contributed by atoms with Gasteiger partial charge in [-0.05, 0) is 35.2 Å². The van der Waals surface area contributed by atoms with Crippen LogP contribution in [0, 0.1) is 0 Å². The van der Waals surface area contributed by atoms with Crippen molar-refractivity contribution in [1.82, 2.24) is 15.1 Å². The van der Waals surface area contributed by atoms with Gasteiger partial charge in [0.15, 0.2) is 0 Å². The summed E-state index contributed by atoms with van der Waals surface area (Å²) in [4.78, 5) is 17.0. The number of rotatable bonds is 6. The van der Waals surface area contributed by atoms with Crippen LogP contribution in [0.4, 0.5) is 4.79 Å². The normalized spacial score (nSPS) is 14.6. The lowest BCUT2D eigenvalue weighted by atomic mass is 9.96. The van der Waals surface area contributed by atoms with Gasteiger partial charge in [0.2, 0.25) is 0 Å². The maximum absolute atomic E-state index is 12.6. The zero-order chi connectivity index (χ0) is 21.5. The first-order chi connectivity index (χ1) is 15.2. The van der Waals surface area contributed by atoms with E-state index in [0.717, 1.165) is 43.2 Å². The van der Waals surface area contributed by atoms with Crippen LogP contribution in [0.1, 0.15) is 22.7 Å². The van der Waals surface area contributed by atoms with Crippen molar-refractivity contribution >= 4 is 17.6 Å². The maximum atomic E-state index is 12.6. The Bertz CT molecular complexity index is 933. The molecule has 0 saturated carbocycles. The highest BCUT2D eigenvalue weighted by Crippen LogP contribution is 2.29. The first kappa shape index (κ1) is 21.4. The van der Waals surface area contributed by atoms with Crippen LogP contribution >= 0.6 is 11.6 Å². The molecule has 0 bridgehead atoms. The van der Waals surface area contributed by atoms with Crippen LogP contribution in [0.2, 0.25) is 5.02 Å². The Balaban J connectivity index is 1.33. The summed E-state index contributed by atoms with van der Waals surface area (Å²) in [6.07, 6.45) is 0.774. The average Bonchev–Trinajstić information content (AvgIpc) is 2.81. The monoisotopic (exact) mass is 433 g/mol. The van der Waals surface area contributed by atoms with Gasteiger partial charge in [-0.25, -0.2) is 4.79 Å². The van der Waals surface area contributed by atoms with Gasteiger partial charge >= 0.3 is 6.03 Å². The Morgan fingerprint density at radius 3 is 2.03 bits per heavy atom. The van der Waals surface area contributed by atoms with Crippen LogP contribution < -0.4 is 5.32 Å². The molecular weight excluding hydrogens is 406 g/mol. The predicted octanol–water partition coefficient (Wildman–Crippen LogP) is 5.00. The molecule has 4 rings (SSSR count). The van der Waals surface area contributed by atoms with Crippen molar-refractivity contribution in [2.75, 3.05) is 32.7 Å². The van der Waals surface area contributed by atoms with Gasteiger partial charge in [0.05, 0.1) is 6.04 Å². The van der Waals surface area contributed by atoms with E-state index in [1.54, 1.807) is 0 Å². The summed E-state index contributed by atoms with van der Waals surface area (Å²) < 4.78 is 0. The lowest BCUT2D eigenvalue weighted by Crippen LogP contribution is -2.52. The molecule has 1 fully saturated rings. The second kappa shape index (κ2) is 10.5. The SMILES string of the molecule is O=C(NCCc1cccc(Cl)c1)N1CCN(C(c2ccccc2)c2ccccc2)CC1. The summed E-state index contributed by atoms with van der Waals surface area (Å²) in [7, 11) is 0. The lowest BCUT2D eigenvalue weighted by Gasteiger charge is -2.39. The molecule has 0 radical (unpaired) electrons. The first-order valence-corrected chi connectivity index (χ1v) is 11.2. The molecule has 5 heteroatoms. The van der Waals surface area contributed by atoms with E-state index in [9.17, 15) is 4.79 Å². The van der Waals surface area contributed by atoms with Crippen LogP contribution in [-0.4, -0.2) is 48.6 Å². The quantitative estimate of drug-likeness (QED) is 0.593. The molecule has 0 aliphatic carbocycles. The Hall–Kier alpha value is -2.82. The number of nitrogens with one attached hydrogen (secondary N) is 1. The molecule has 1 N–H and O–H groups in total. The zero-order valence-electron chi connectivity index (χ0n) is 17.6. The van der Waals surface area contributed by atoms with Crippen LogP contribution in [0.25, 0.3) is 0 Å². The Labute approximate surface area is 189 Å². The smallest absolute Gasteiger partial charge is 0.317 e. The number of benzene rings is 3. The van der Waals surface area contributed by atoms with Crippen molar-refractivity contribution in [2.24, 2.45) is 0 Å². The zero-order valence-corrected chi connectivity index (χ0v) is 18.3. The third kappa shape index (κ3) is 5.66. The molecular formula is C26H28ClN3O. The van der Waals surface area contributed by atoms with Crippen molar-refractivity contribution in [3.63, 3.8) is 0 Å². The number of nitrogens with zero attached hydrogens (tertiary/aromatic N) is 2. The van der Waals surface area contributed by atoms with Crippen molar-refractivity contribution in [2.45, 2.75) is 12.5 Å². The number of hydrogen-bond donors (Lipinski definition) is 1. The van der Waals surface area contributed by atoms with Gasteiger partial charge in [-0.15, -0.1) is 0 Å². The fraction of sp³-hybridized carbons (Fsp3) is 0.269. The number of halogens is 1. The molecule has 0 spiro atoms. The minimum atomic E-state index is 0.0117. The Kier molecular flexibility index (Phi) is 7.23. The highest BCUT2D eigenvalue weighted by molar-refractivity contribution is 6.30. The summed E-state index contributed by atoms with van der Waals surface area (Å²) in [6, 6.07) is 29.2. The number of urea groups is 1. The summed E-state index contributed by atoms with van der Waals surface area (Å²) in [6.45, 7) is 3.74. The van der Waals surface area contributed by atoms with Gasteiger partial charge in [-0.1, -0.05) is 84.4 Å². The fourth-order valence-electron chi connectivity index (χ4n) is 4.19. The van der Waals surface area contributed by atoms with Gasteiger partial charge in [-0.2, -0.15) is 0 Å². The van der Waals surface area contributed by atoms with Crippen molar-refractivity contribution in [1.29, 1.82) is 0 Å². The average molecular weight is 434 g/mol. The minimum absolute atomic E-state index is 0.0117. The van der Waals surface area contributed by atoms with E-state index < -0.39 is 0 Å². The minimum Gasteiger partial charge on any atom is -0.338 e. The van der Waals surface area contributed by atoms with Gasteiger partial charge in [0.1, 0.15) is 0 Å². The van der Waals surface area contributed by atoms with Crippen LogP contribution in [0.3, 0.4) is 0 Å². The summed E-state index contributed by atoms with van der Waals surface area (Å²) >= 11 is 6.04. The van der Waals surface area contributed by atoms with Crippen molar-refractivity contribution in [3.05, 3.63) is 107 Å². The molecule has 1 heterocycles. The van der Waals surface area contributed by atoms with E-state index in [0.29, 0.717) is 6.54 Å². The van der Waals surface area contributed by atoms with E-state index >= 15 is 0 Å². The maximum Gasteiger partial charge on any atom is 0.317 e. The van der Waals surface area contributed by atoms with Crippen molar-refractivity contribution in [3.8, 4) is 0 Å². The Morgan fingerprint density at radius 2 is 1.45 bits per heavy atom. The summed E-state index contributed by atoms with van der Waals surface area (Å²) in [5.41, 5.74) is 3.70. The lowest BCUT2D eigenvalue weighted by molar-refractivity contribution is 0.120. The standard InChI is InChI=1S/C26H28ClN3O/c27-24-13-7-8-21(20-24)14-15-28-26(31)30-18-16-29(17-19-30)25(22-9-3-1-4-10-22)23-11-5-2-6-12-23/h1-13,20,25H,14-19H2,(H,28,31). The van der Waals surface area contributed by atoms with Crippen molar-refractivity contribution < 1.29 is 4.79 Å². The number of carbonyl (C=O) groups excluding carboxylic acids is 1. The second-order valence-electron chi connectivity index (χ2n) is 7.86. The van der Waals surface area contributed by atoms with Gasteiger partial charge < -0.3 is 10.2 Å². The first-order valence-electron chi connectivity index (χ1n) is 10.8. The number of piperazine rings is 1. The molecule has 0 atom stereocenters. The molecule has 3 aromatic carbocycles. The highest BCUT2D eigenvalue weighted by atomic mass is 35.5. The number of hydrogen-bond acceptors (Lipinski definition) is 2. The third-order valence-electron chi connectivity index (χ3n) is 5.78. The van der Waals surface area contributed by atoms with Gasteiger partial charge in [-0.3, -0.25) is 4.90 Å². The van der Waals surface area contributed by atoms with Gasteiger partial charge in [0.25, 0.3) is 0 Å².